The second-order valence-corrected chi connectivity index (χ2v) is 5.56. The molecule has 0 aliphatic rings. The Bertz CT molecular complexity index is 743. The Kier molecular flexibility index (Phi) is 3.83. The number of nitrogens with zero attached hydrogens (tertiary/aromatic N) is 1. The van der Waals surface area contributed by atoms with Crippen LogP contribution in [-0.2, 0) is 0 Å². The van der Waals surface area contributed by atoms with E-state index in [-0.39, 0.29) is 0 Å². The summed E-state index contributed by atoms with van der Waals surface area (Å²) < 4.78 is 5.48. The zero-order valence-corrected chi connectivity index (χ0v) is 12.7. The predicted molar refractivity (Wildman–Crippen MR) is 90.2 cm³/mol. The Hall–Kier alpha value is -2.75. The van der Waals surface area contributed by atoms with Crippen molar-refractivity contribution in [2.75, 3.05) is 11.1 Å². The molecule has 1 heterocycles. The molecule has 0 radical (unpaired) electrons. The van der Waals surface area contributed by atoms with E-state index in [1.165, 1.54) is 5.56 Å². The average molecular weight is 293 g/mol. The van der Waals surface area contributed by atoms with Crippen molar-refractivity contribution in [3.63, 3.8) is 0 Å². The van der Waals surface area contributed by atoms with Gasteiger partial charge in [-0.1, -0.05) is 38.1 Å². The highest BCUT2D eigenvalue weighted by Gasteiger charge is 2.07. The fraction of sp³-hybridized carbons (Fsp3) is 0.167. The molecule has 0 saturated heterocycles. The van der Waals surface area contributed by atoms with Crippen LogP contribution in [0.2, 0.25) is 0 Å². The fourth-order valence-electron chi connectivity index (χ4n) is 2.19. The van der Waals surface area contributed by atoms with Crippen LogP contribution in [-0.4, -0.2) is 4.98 Å². The standard InChI is InChI=1S/C18H19N3O/c1-12(2)13-5-9-16(10-6-13)20-18-21-17(11-22-18)14-3-7-15(19)8-4-14/h3-12H,19H2,1-2H3,(H,20,21). The number of rotatable bonds is 4. The molecule has 4 heteroatoms. The van der Waals surface area contributed by atoms with Gasteiger partial charge in [-0.25, -0.2) is 0 Å². The maximum atomic E-state index is 5.69. The predicted octanol–water partition coefficient (Wildman–Crippen LogP) is 4.79. The number of nitrogens with one attached hydrogen (secondary N) is 1. The van der Waals surface area contributed by atoms with Crippen LogP contribution in [0.1, 0.15) is 25.3 Å². The number of benzene rings is 2. The van der Waals surface area contributed by atoms with E-state index in [0.717, 1.165) is 22.6 Å². The van der Waals surface area contributed by atoms with E-state index in [1.807, 2.05) is 36.4 Å². The lowest BCUT2D eigenvalue weighted by Gasteiger charge is -2.06. The third-order valence-corrected chi connectivity index (χ3v) is 3.54. The summed E-state index contributed by atoms with van der Waals surface area (Å²) in [6.07, 6.45) is 1.64. The van der Waals surface area contributed by atoms with Crippen LogP contribution in [0.4, 0.5) is 17.4 Å². The molecule has 4 nitrogen and oxygen atoms in total. The summed E-state index contributed by atoms with van der Waals surface area (Å²) in [5.41, 5.74) is 10.4. The minimum Gasteiger partial charge on any atom is -0.431 e. The molecule has 22 heavy (non-hydrogen) atoms. The number of hydrogen-bond acceptors (Lipinski definition) is 4. The molecule has 0 spiro atoms. The molecule has 0 aliphatic carbocycles. The number of oxazole rings is 1. The van der Waals surface area contributed by atoms with Crippen molar-refractivity contribution >= 4 is 17.4 Å². The highest BCUT2D eigenvalue weighted by molar-refractivity contribution is 5.63. The molecular formula is C18H19N3O. The van der Waals surface area contributed by atoms with E-state index in [1.54, 1.807) is 6.26 Å². The molecule has 0 fully saturated rings. The Morgan fingerprint density at radius 1 is 1.00 bits per heavy atom. The smallest absolute Gasteiger partial charge is 0.299 e. The third-order valence-electron chi connectivity index (χ3n) is 3.54. The van der Waals surface area contributed by atoms with Crippen LogP contribution >= 0.6 is 0 Å². The molecule has 0 unspecified atom stereocenters. The molecule has 112 valence electrons. The zero-order chi connectivity index (χ0) is 15.5. The lowest BCUT2D eigenvalue weighted by molar-refractivity contribution is 0.578. The number of hydrogen-bond donors (Lipinski definition) is 2. The molecule has 0 amide bonds. The van der Waals surface area contributed by atoms with E-state index in [4.69, 9.17) is 10.2 Å². The second kappa shape index (κ2) is 5.93. The quantitative estimate of drug-likeness (QED) is 0.679. The molecule has 0 bridgehead atoms. The second-order valence-electron chi connectivity index (χ2n) is 5.56. The van der Waals surface area contributed by atoms with Crippen molar-refractivity contribution in [2.24, 2.45) is 0 Å². The molecule has 0 atom stereocenters. The van der Waals surface area contributed by atoms with Crippen molar-refractivity contribution in [1.29, 1.82) is 0 Å². The summed E-state index contributed by atoms with van der Waals surface area (Å²) in [6, 6.07) is 16.3. The molecule has 3 rings (SSSR count). The summed E-state index contributed by atoms with van der Waals surface area (Å²) in [4.78, 5) is 4.44. The number of nitrogen functional groups attached to an aromatic ring is 1. The highest BCUT2D eigenvalue weighted by Crippen LogP contribution is 2.24. The van der Waals surface area contributed by atoms with Crippen molar-refractivity contribution in [1.82, 2.24) is 4.98 Å². The Balaban J connectivity index is 1.75. The van der Waals surface area contributed by atoms with Crippen LogP contribution in [0.25, 0.3) is 11.3 Å². The first-order valence-electron chi connectivity index (χ1n) is 7.30. The van der Waals surface area contributed by atoms with Gasteiger partial charge in [0.15, 0.2) is 0 Å². The summed E-state index contributed by atoms with van der Waals surface area (Å²) in [6.45, 7) is 4.35. The topological polar surface area (TPSA) is 64.1 Å². The maximum Gasteiger partial charge on any atom is 0.299 e. The Morgan fingerprint density at radius 2 is 1.68 bits per heavy atom. The molecule has 2 aromatic carbocycles. The summed E-state index contributed by atoms with van der Waals surface area (Å²) in [5, 5.41) is 3.17. The average Bonchev–Trinajstić information content (AvgIpc) is 2.97. The van der Waals surface area contributed by atoms with E-state index in [9.17, 15) is 0 Å². The minimum atomic E-state index is 0.476. The number of nitrogens with two attached hydrogens (primary N) is 1. The summed E-state index contributed by atoms with van der Waals surface area (Å²) in [7, 11) is 0. The highest BCUT2D eigenvalue weighted by atomic mass is 16.4. The van der Waals surface area contributed by atoms with Gasteiger partial charge in [0, 0.05) is 16.9 Å². The van der Waals surface area contributed by atoms with Gasteiger partial charge < -0.3 is 15.5 Å². The van der Waals surface area contributed by atoms with Gasteiger partial charge in [0.05, 0.1) is 0 Å². The van der Waals surface area contributed by atoms with Gasteiger partial charge in [0.25, 0.3) is 6.01 Å². The first kappa shape index (κ1) is 14.2. The van der Waals surface area contributed by atoms with Crippen LogP contribution in [0.5, 0.6) is 0 Å². The fourth-order valence-corrected chi connectivity index (χ4v) is 2.19. The van der Waals surface area contributed by atoms with Crippen LogP contribution in [0, 0.1) is 0 Å². The van der Waals surface area contributed by atoms with Crippen molar-refractivity contribution < 1.29 is 4.42 Å². The van der Waals surface area contributed by atoms with Gasteiger partial charge in [-0.2, -0.15) is 4.98 Å². The van der Waals surface area contributed by atoms with Gasteiger partial charge in [-0.3, -0.25) is 0 Å². The first-order valence-corrected chi connectivity index (χ1v) is 7.30. The maximum absolute atomic E-state index is 5.69. The van der Waals surface area contributed by atoms with E-state index in [0.29, 0.717) is 11.9 Å². The monoisotopic (exact) mass is 293 g/mol. The first-order chi connectivity index (χ1) is 10.6. The van der Waals surface area contributed by atoms with Gasteiger partial charge in [-0.05, 0) is 35.7 Å². The molecule has 0 saturated carbocycles. The van der Waals surface area contributed by atoms with Crippen LogP contribution in [0.15, 0.2) is 59.2 Å². The normalized spacial score (nSPS) is 10.9. The van der Waals surface area contributed by atoms with Crippen molar-refractivity contribution in [3.8, 4) is 11.3 Å². The SMILES string of the molecule is CC(C)c1ccc(Nc2nc(-c3ccc(N)cc3)co2)cc1. The zero-order valence-electron chi connectivity index (χ0n) is 12.7. The number of anilines is 3. The van der Waals surface area contributed by atoms with E-state index in [2.05, 4.69) is 36.3 Å². The molecule has 1 aromatic heterocycles. The van der Waals surface area contributed by atoms with Gasteiger partial charge in [0.1, 0.15) is 12.0 Å². The number of aromatic nitrogens is 1. The summed E-state index contributed by atoms with van der Waals surface area (Å²) >= 11 is 0. The van der Waals surface area contributed by atoms with Crippen molar-refractivity contribution in [2.45, 2.75) is 19.8 Å². The third kappa shape index (κ3) is 3.11. The molecular weight excluding hydrogens is 274 g/mol. The van der Waals surface area contributed by atoms with E-state index >= 15 is 0 Å². The van der Waals surface area contributed by atoms with Crippen molar-refractivity contribution in [3.05, 3.63) is 60.4 Å². The minimum absolute atomic E-state index is 0.476. The lowest BCUT2D eigenvalue weighted by atomic mass is 10.0. The Labute approximate surface area is 130 Å². The molecule has 3 aromatic rings. The van der Waals surface area contributed by atoms with Gasteiger partial charge in [0.2, 0.25) is 0 Å². The van der Waals surface area contributed by atoms with Crippen LogP contribution in [0.3, 0.4) is 0 Å². The van der Waals surface area contributed by atoms with Crippen LogP contribution < -0.4 is 11.1 Å². The summed E-state index contributed by atoms with van der Waals surface area (Å²) in [5.74, 6) is 0.521. The lowest BCUT2D eigenvalue weighted by Crippen LogP contribution is -1.92. The largest absolute Gasteiger partial charge is 0.431 e. The van der Waals surface area contributed by atoms with E-state index < -0.39 is 0 Å². The molecule has 0 aliphatic heterocycles. The van der Waals surface area contributed by atoms with Gasteiger partial charge in [-0.15, -0.1) is 0 Å². The Morgan fingerprint density at radius 3 is 2.32 bits per heavy atom. The molecule has 3 N–H and O–H groups in total. The van der Waals surface area contributed by atoms with Gasteiger partial charge >= 0.3 is 0 Å².